The van der Waals surface area contributed by atoms with Gasteiger partial charge in [0.1, 0.15) is 11.4 Å². The normalized spacial score (nSPS) is 18.4. The lowest BCUT2D eigenvalue weighted by Crippen LogP contribution is -2.27. The minimum absolute atomic E-state index is 0.0120. The van der Waals surface area contributed by atoms with Crippen molar-refractivity contribution in [1.82, 2.24) is 0 Å². The van der Waals surface area contributed by atoms with Gasteiger partial charge in [-0.3, -0.25) is 10.1 Å². The third kappa shape index (κ3) is 6.14. The van der Waals surface area contributed by atoms with E-state index in [-0.39, 0.29) is 29.5 Å². The lowest BCUT2D eigenvalue weighted by atomic mass is 10.1. The second kappa shape index (κ2) is 7.45. The maximum atomic E-state index is 13.9. The Hall–Kier alpha value is -2.42. The highest BCUT2D eigenvalue weighted by atomic mass is 32.2. The summed E-state index contributed by atoms with van der Waals surface area (Å²) < 4.78 is 41.6. The Bertz CT molecular complexity index is 843. The molecule has 2 N–H and O–H groups in total. The fourth-order valence-corrected chi connectivity index (χ4v) is 3.73. The maximum Gasteiger partial charge on any atom is 0.412 e. The van der Waals surface area contributed by atoms with Gasteiger partial charge in [-0.2, -0.15) is 0 Å². The van der Waals surface area contributed by atoms with Crippen LogP contribution in [0, 0.1) is 11.7 Å². The molecule has 0 aliphatic carbocycles. The van der Waals surface area contributed by atoms with Gasteiger partial charge in [-0.1, -0.05) is 6.08 Å². The molecular weight excluding hydrogens is 363 g/mol. The van der Waals surface area contributed by atoms with Crippen LogP contribution < -0.4 is 10.6 Å². The minimum atomic E-state index is -3.23. The number of carbonyl (C=O) groups is 2. The first-order valence-corrected chi connectivity index (χ1v) is 9.65. The molecule has 0 bridgehead atoms. The molecule has 1 heterocycles. The molecule has 0 aromatic heterocycles. The van der Waals surface area contributed by atoms with Gasteiger partial charge in [-0.25, -0.2) is 17.6 Å². The van der Waals surface area contributed by atoms with Gasteiger partial charge in [-0.05, 0) is 39.0 Å². The number of amides is 2. The molecular formula is C17H21FN2O5S. The van der Waals surface area contributed by atoms with Gasteiger partial charge in [0.25, 0.3) is 0 Å². The average Bonchev–Trinajstić information content (AvgIpc) is 2.79. The molecule has 7 nitrogen and oxygen atoms in total. The van der Waals surface area contributed by atoms with Crippen LogP contribution in [0.1, 0.15) is 27.2 Å². The lowest BCUT2D eigenvalue weighted by molar-refractivity contribution is -0.116. The van der Waals surface area contributed by atoms with Crippen molar-refractivity contribution in [3.05, 3.63) is 35.5 Å². The van der Waals surface area contributed by atoms with Crippen LogP contribution >= 0.6 is 0 Å². The molecule has 142 valence electrons. The zero-order valence-corrected chi connectivity index (χ0v) is 15.5. The maximum absolute atomic E-state index is 13.9. The van der Waals surface area contributed by atoms with Gasteiger partial charge < -0.3 is 10.1 Å². The number of halogens is 1. The van der Waals surface area contributed by atoms with Crippen LogP contribution in [0.3, 0.4) is 0 Å². The largest absolute Gasteiger partial charge is 0.444 e. The first kappa shape index (κ1) is 19.9. The van der Waals surface area contributed by atoms with E-state index in [1.807, 2.05) is 0 Å². The summed E-state index contributed by atoms with van der Waals surface area (Å²) >= 11 is 0. The number of nitrogens with one attached hydrogen (secondary N) is 2. The van der Waals surface area contributed by atoms with E-state index in [2.05, 4.69) is 10.6 Å². The van der Waals surface area contributed by atoms with Crippen LogP contribution in [0.4, 0.5) is 20.6 Å². The highest BCUT2D eigenvalue weighted by Gasteiger charge is 2.24. The molecule has 26 heavy (non-hydrogen) atoms. The summed E-state index contributed by atoms with van der Waals surface area (Å²) in [4.78, 5) is 23.8. The number of benzene rings is 1. The van der Waals surface area contributed by atoms with E-state index in [1.165, 1.54) is 18.2 Å². The second-order valence-corrected chi connectivity index (χ2v) is 8.92. The standard InChI is InChI=1S/C17H21FN2O5S/c1-17(2,3)25-16(22)20-14-9-12(4-5-13(14)18)19-15(21)8-11-6-7-26(23,24)10-11/h4-7,9,11H,8,10H2,1-3H3,(H,19,21)(H,20,22). The van der Waals surface area contributed by atoms with E-state index in [1.54, 1.807) is 20.8 Å². The molecule has 2 amide bonds. The summed E-state index contributed by atoms with van der Waals surface area (Å²) in [5, 5.41) is 5.95. The van der Waals surface area contributed by atoms with Crippen molar-refractivity contribution in [2.45, 2.75) is 32.8 Å². The van der Waals surface area contributed by atoms with Gasteiger partial charge in [0.2, 0.25) is 5.91 Å². The number of carbonyl (C=O) groups excluding carboxylic acids is 2. The van der Waals surface area contributed by atoms with Crippen molar-refractivity contribution in [3.8, 4) is 0 Å². The Morgan fingerprint density at radius 3 is 2.54 bits per heavy atom. The summed E-state index contributed by atoms with van der Waals surface area (Å²) in [7, 11) is -3.23. The van der Waals surface area contributed by atoms with Crippen LogP contribution in [-0.2, 0) is 19.4 Å². The lowest BCUT2D eigenvalue weighted by Gasteiger charge is -2.20. The van der Waals surface area contributed by atoms with Crippen molar-refractivity contribution in [2.75, 3.05) is 16.4 Å². The summed E-state index contributed by atoms with van der Waals surface area (Å²) in [6.45, 7) is 5.03. The van der Waals surface area contributed by atoms with E-state index >= 15 is 0 Å². The zero-order valence-electron chi connectivity index (χ0n) is 14.7. The van der Waals surface area contributed by atoms with Gasteiger partial charge in [0.05, 0.1) is 11.4 Å². The molecule has 1 aromatic rings. The van der Waals surface area contributed by atoms with E-state index in [4.69, 9.17) is 4.74 Å². The smallest absolute Gasteiger partial charge is 0.412 e. The van der Waals surface area contributed by atoms with Crippen molar-refractivity contribution in [1.29, 1.82) is 0 Å². The summed E-state index contributed by atoms with van der Waals surface area (Å²) in [6.07, 6.45) is 0.651. The van der Waals surface area contributed by atoms with Crippen LogP contribution in [0.5, 0.6) is 0 Å². The summed E-state index contributed by atoms with van der Waals surface area (Å²) in [5.74, 6) is -1.58. The number of allylic oxidation sites excluding steroid dienone is 1. The number of sulfone groups is 1. The highest BCUT2D eigenvalue weighted by Crippen LogP contribution is 2.23. The zero-order chi connectivity index (χ0) is 19.5. The Balaban J connectivity index is 1.99. The summed E-state index contributed by atoms with van der Waals surface area (Å²) in [6, 6.07) is 3.70. The molecule has 0 saturated carbocycles. The highest BCUT2D eigenvalue weighted by molar-refractivity contribution is 7.94. The number of ether oxygens (including phenoxy) is 1. The van der Waals surface area contributed by atoms with Gasteiger partial charge in [0, 0.05) is 23.4 Å². The average molecular weight is 384 g/mol. The second-order valence-electron chi connectivity index (χ2n) is 6.99. The van der Waals surface area contributed by atoms with E-state index in [0.29, 0.717) is 0 Å². The number of anilines is 2. The predicted molar refractivity (Wildman–Crippen MR) is 95.9 cm³/mol. The summed E-state index contributed by atoms with van der Waals surface area (Å²) in [5.41, 5.74) is -0.602. The monoisotopic (exact) mass is 384 g/mol. The Labute approximate surface area is 151 Å². The number of hydrogen-bond acceptors (Lipinski definition) is 5. The third-order valence-electron chi connectivity index (χ3n) is 3.34. The van der Waals surface area contributed by atoms with Crippen LogP contribution in [-0.4, -0.2) is 31.8 Å². The molecule has 9 heteroatoms. The molecule has 1 unspecified atom stereocenters. The fraction of sp³-hybridized carbons (Fsp3) is 0.412. The SMILES string of the molecule is CC(C)(C)OC(=O)Nc1cc(NC(=O)CC2C=CS(=O)(=O)C2)ccc1F. The Morgan fingerprint density at radius 1 is 1.27 bits per heavy atom. The molecule has 0 radical (unpaired) electrons. The molecule has 1 aliphatic rings. The van der Waals surface area contributed by atoms with Gasteiger partial charge in [0.15, 0.2) is 9.84 Å². The molecule has 0 fully saturated rings. The molecule has 0 saturated heterocycles. The topological polar surface area (TPSA) is 102 Å². The predicted octanol–water partition coefficient (Wildman–Crippen LogP) is 3.06. The van der Waals surface area contributed by atoms with Crippen molar-refractivity contribution < 1.29 is 27.1 Å². The number of rotatable bonds is 4. The van der Waals surface area contributed by atoms with Gasteiger partial charge >= 0.3 is 6.09 Å². The van der Waals surface area contributed by atoms with Crippen molar-refractivity contribution >= 4 is 33.2 Å². The van der Waals surface area contributed by atoms with Crippen LogP contribution in [0.2, 0.25) is 0 Å². The number of hydrogen-bond donors (Lipinski definition) is 2. The quantitative estimate of drug-likeness (QED) is 0.831. The van der Waals surface area contributed by atoms with Gasteiger partial charge in [-0.15, -0.1) is 0 Å². The Kier molecular flexibility index (Phi) is 5.70. The van der Waals surface area contributed by atoms with Crippen LogP contribution in [0.25, 0.3) is 0 Å². The molecule has 1 aliphatic heterocycles. The molecule has 2 rings (SSSR count). The first-order chi connectivity index (χ1) is 11.9. The molecule has 1 atom stereocenters. The van der Waals surface area contributed by atoms with E-state index in [0.717, 1.165) is 11.5 Å². The molecule has 0 spiro atoms. The van der Waals surface area contributed by atoms with E-state index < -0.39 is 33.3 Å². The minimum Gasteiger partial charge on any atom is -0.444 e. The van der Waals surface area contributed by atoms with Crippen molar-refractivity contribution in [3.63, 3.8) is 0 Å². The van der Waals surface area contributed by atoms with Crippen molar-refractivity contribution in [2.24, 2.45) is 5.92 Å². The third-order valence-corrected chi connectivity index (χ3v) is 4.80. The first-order valence-electron chi connectivity index (χ1n) is 7.94. The van der Waals surface area contributed by atoms with E-state index in [9.17, 15) is 22.4 Å². The Morgan fingerprint density at radius 2 is 1.96 bits per heavy atom. The molecule has 1 aromatic carbocycles. The fourth-order valence-electron chi connectivity index (χ4n) is 2.33. The van der Waals surface area contributed by atoms with Crippen LogP contribution in [0.15, 0.2) is 29.7 Å².